The maximum Gasteiger partial charge on any atom is 0.134 e. The summed E-state index contributed by atoms with van der Waals surface area (Å²) < 4.78 is 0. The Morgan fingerprint density at radius 1 is 1.18 bits per heavy atom. The summed E-state index contributed by atoms with van der Waals surface area (Å²) in [5, 5.41) is 3.31. The number of hydrogen-bond donors (Lipinski definition) is 1. The molecule has 0 bridgehead atoms. The van der Waals surface area contributed by atoms with E-state index in [0.29, 0.717) is 0 Å². The molecule has 0 aromatic carbocycles. The van der Waals surface area contributed by atoms with Gasteiger partial charge in [0.25, 0.3) is 0 Å². The summed E-state index contributed by atoms with van der Waals surface area (Å²) in [7, 11) is 0. The molecule has 4 heteroatoms. The molecule has 17 heavy (non-hydrogen) atoms. The lowest BCUT2D eigenvalue weighted by Gasteiger charge is -2.21. The SMILES string of the molecule is CCCNc1cc(N2CCCCCC2)ncn1. The van der Waals surface area contributed by atoms with Crippen molar-refractivity contribution in [3.05, 3.63) is 12.4 Å². The van der Waals surface area contributed by atoms with Crippen molar-refractivity contribution in [2.45, 2.75) is 39.0 Å². The third-order valence-corrected chi connectivity index (χ3v) is 3.14. The van der Waals surface area contributed by atoms with E-state index in [1.165, 1.54) is 25.7 Å². The number of nitrogens with zero attached hydrogens (tertiary/aromatic N) is 3. The van der Waals surface area contributed by atoms with E-state index in [2.05, 4.69) is 33.2 Å². The molecule has 0 radical (unpaired) electrons. The second kappa shape index (κ2) is 6.42. The lowest BCUT2D eigenvalue weighted by molar-refractivity contribution is 0.726. The summed E-state index contributed by atoms with van der Waals surface area (Å²) in [5.41, 5.74) is 0. The van der Waals surface area contributed by atoms with Crippen LogP contribution in [0.4, 0.5) is 11.6 Å². The number of nitrogens with one attached hydrogen (secondary N) is 1. The fraction of sp³-hybridized carbons (Fsp3) is 0.692. The van der Waals surface area contributed by atoms with Crippen LogP contribution in [0.25, 0.3) is 0 Å². The zero-order valence-electron chi connectivity index (χ0n) is 10.7. The Labute approximate surface area is 103 Å². The molecule has 1 saturated heterocycles. The molecule has 2 heterocycles. The van der Waals surface area contributed by atoms with Crippen molar-refractivity contribution in [3.8, 4) is 0 Å². The van der Waals surface area contributed by atoms with Crippen LogP contribution in [0, 0.1) is 0 Å². The average Bonchev–Trinajstić information content (AvgIpc) is 2.65. The third-order valence-electron chi connectivity index (χ3n) is 3.14. The molecule has 1 aromatic heterocycles. The normalized spacial score (nSPS) is 16.6. The van der Waals surface area contributed by atoms with Gasteiger partial charge in [0.05, 0.1) is 0 Å². The van der Waals surface area contributed by atoms with Crippen molar-refractivity contribution < 1.29 is 0 Å². The van der Waals surface area contributed by atoms with E-state index in [4.69, 9.17) is 0 Å². The van der Waals surface area contributed by atoms with Crippen molar-refractivity contribution in [1.82, 2.24) is 9.97 Å². The first kappa shape index (κ1) is 12.1. The highest BCUT2D eigenvalue weighted by molar-refractivity contribution is 5.48. The summed E-state index contributed by atoms with van der Waals surface area (Å²) in [6, 6.07) is 2.07. The lowest BCUT2D eigenvalue weighted by atomic mass is 10.2. The quantitative estimate of drug-likeness (QED) is 0.869. The predicted molar refractivity (Wildman–Crippen MR) is 71.5 cm³/mol. The topological polar surface area (TPSA) is 41.0 Å². The summed E-state index contributed by atoms with van der Waals surface area (Å²) in [6.07, 6.45) is 8.04. The van der Waals surface area contributed by atoms with Gasteiger partial charge in [0.15, 0.2) is 0 Å². The van der Waals surface area contributed by atoms with E-state index < -0.39 is 0 Å². The molecule has 1 N–H and O–H groups in total. The molecular weight excluding hydrogens is 212 g/mol. The van der Waals surface area contributed by atoms with Crippen LogP contribution in [0.1, 0.15) is 39.0 Å². The first-order valence-corrected chi connectivity index (χ1v) is 6.71. The molecule has 0 unspecified atom stereocenters. The molecule has 2 rings (SSSR count). The summed E-state index contributed by atoms with van der Waals surface area (Å²) in [4.78, 5) is 11.0. The van der Waals surface area contributed by atoms with Gasteiger partial charge < -0.3 is 10.2 Å². The predicted octanol–water partition coefficient (Wildman–Crippen LogP) is 2.68. The molecule has 0 atom stereocenters. The molecular formula is C13H22N4. The van der Waals surface area contributed by atoms with Gasteiger partial charge in [-0.15, -0.1) is 0 Å². The maximum atomic E-state index is 4.39. The number of aromatic nitrogens is 2. The van der Waals surface area contributed by atoms with Crippen LogP contribution in [0.3, 0.4) is 0 Å². The number of hydrogen-bond acceptors (Lipinski definition) is 4. The van der Waals surface area contributed by atoms with Crippen LogP contribution in [-0.2, 0) is 0 Å². The molecule has 4 nitrogen and oxygen atoms in total. The fourth-order valence-corrected chi connectivity index (χ4v) is 2.17. The zero-order chi connectivity index (χ0) is 11.9. The number of anilines is 2. The molecule has 0 spiro atoms. The molecule has 1 aliphatic heterocycles. The first-order valence-electron chi connectivity index (χ1n) is 6.71. The van der Waals surface area contributed by atoms with Gasteiger partial charge in [-0.05, 0) is 19.3 Å². The highest BCUT2D eigenvalue weighted by Gasteiger charge is 2.11. The van der Waals surface area contributed by atoms with Crippen LogP contribution >= 0.6 is 0 Å². The van der Waals surface area contributed by atoms with E-state index >= 15 is 0 Å². The monoisotopic (exact) mass is 234 g/mol. The van der Waals surface area contributed by atoms with Gasteiger partial charge in [0, 0.05) is 25.7 Å². The Morgan fingerprint density at radius 2 is 1.94 bits per heavy atom. The van der Waals surface area contributed by atoms with Gasteiger partial charge in [-0.25, -0.2) is 9.97 Å². The molecule has 1 aliphatic rings. The van der Waals surface area contributed by atoms with E-state index in [1.807, 2.05) is 0 Å². The van der Waals surface area contributed by atoms with Crippen LogP contribution in [-0.4, -0.2) is 29.6 Å². The van der Waals surface area contributed by atoms with Crippen LogP contribution in [0.2, 0.25) is 0 Å². The minimum Gasteiger partial charge on any atom is -0.370 e. The minimum atomic E-state index is 0.945. The summed E-state index contributed by atoms with van der Waals surface area (Å²) in [6.45, 7) is 5.38. The van der Waals surface area contributed by atoms with Gasteiger partial charge in [-0.1, -0.05) is 19.8 Å². The highest BCUT2D eigenvalue weighted by Crippen LogP contribution is 2.18. The van der Waals surface area contributed by atoms with E-state index in [0.717, 1.165) is 37.7 Å². The second-order valence-corrected chi connectivity index (χ2v) is 4.59. The van der Waals surface area contributed by atoms with Gasteiger partial charge in [0.1, 0.15) is 18.0 Å². The molecule has 1 fully saturated rings. The van der Waals surface area contributed by atoms with E-state index in [1.54, 1.807) is 6.33 Å². The standard InChI is InChI=1S/C13H22N4/c1-2-7-14-12-10-13(16-11-15-12)17-8-5-3-4-6-9-17/h10-11H,2-9H2,1H3,(H,14,15,16). The van der Waals surface area contributed by atoms with E-state index in [9.17, 15) is 0 Å². The average molecular weight is 234 g/mol. The van der Waals surface area contributed by atoms with Crippen molar-refractivity contribution >= 4 is 11.6 Å². The zero-order valence-corrected chi connectivity index (χ0v) is 10.7. The Kier molecular flexibility index (Phi) is 4.59. The summed E-state index contributed by atoms with van der Waals surface area (Å²) >= 11 is 0. The minimum absolute atomic E-state index is 0.945. The van der Waals surface area contributed by atoms with Crippen LogP contribution < -0.4 is 10.2 Å². The van der Waals surface area contributed by atoms with Gasteiger partial charge in [-0.3, -0.25) is 0 Å². The largest absolute Gasteiger partial charge is 0.370 e. The number of rotatable bonds is 4. The van der Waals surface area contributed by atoms with Gasteiger partial charge in [0.2, 0.25) is 0 Å². The molecule has 0 aliphatic carbocycles. The Morgan fingerprint density at radius 3 is 2.65 bits per heavy atom. The van der Waals surface area contributed by atoms with Gasteiger partial charge >= 0.3 is 0 Å². The maximum absolute atomic E-state index is 4.39. The first-order chi connectivity index (χ1) is 8.40. The van der Waals surface area contributed by atoms with Crippen molar-refractivity contribution in [2.24, 2.45) is 0 Å². The van der Waals surface area contributed by atoms with Crippen LogP contribution in [0.5, 0.6) is 0 Å². The third kappa shape index (κ3) is 3.58. The Balaban J connectivity index is 2.03. The van der Waals surface area contributed by atoms with Crippen molar-refractivity contribution in [2.75, 3.05) is 29.9 Å². The smallest absolute Gasteiger partial charge is 0.134 e. The molecule has 1 aromatic rings. The highest BCUT2D eigenvalue weighted by atomic mass is 15.2. The van der Waals surface area contributed by atoms with Crippen molar-refractivity contribution in [3.63, 3.8) is 0 Å². The molecule has 0 amide bonds. The van der Waals surface area contributed by atoms with Gasteiger partial charge in [-0.2, -0.15) is 0 Å². The molecule has 0 saturated carbocycles. The van der Waals surface area contributed by atoms with Crippen LogP contribution in [0.15, 0.2) is 12.4 Å². The Bertz CT molecular complexity index is 332. The Hall–Kier alpha value is -1.32. The van der Waals surface area contributed by atoms with E-state index in [-0.39, 0.29) is 0 Å². The fourth-order valence-electron chi connectivity index (χ4n) is 2.17. The molecule has 94 valence electrons. The lowest BCUT2D eigenvalue weighted by Crippen LogP contribution is -2.25. The summed E-state index contributed by atoms with van der Waals surface area (Å²) in [5.74, 6) is 2.02. The van der Waals surface area contributed by atoms with Crippen molar-refractivity contribution in [1.29, 1.82) is 0 Å². The second-order valence-electron chi connectivity index (χ2n) is 4.59.